The Balaban J connectivity index is 3.43. The Labute approximate surface area is 331 Å². The van der Waals surface area contributed by atoms with Crippen LogP contribution in [0.4, 0.5) is 0 Å². The summed E-state index contributed by atoms with van der Waals surface area (Å²) >= 11 is 0. The molecule has 5 nitrogen and oxygen atoms in total. The maximum Gasteiger partial charge on any atom is 0.306 e. The van der Waals surface area contributed by atoms with Crippen LogP contribution in [0.3, 0.4) is 0 Å². The molecule has 5 heteroatoms. The van der Waals surface area contributed by atoms with Crippen LogP contribution in [0.1, 0.15) is 277 Å². The minimum atomic E-state index is -0.762. The third kappa shape index (κ3) is 43.5. The SMILES string of the molecule is CCCCCCCCCCCCCCCCCCCCCCCC(=O)OC[C@H](CO)OC(=O)CCCCCCCCCCCCCCCCCCCC. The maximum absolute atomic E-state index is 12.2. The first-order valence-electron chi connectivity index (χ1n) is 24.1. The van der Waals surface area contributed by atoms with Crippen molar-refractivity contribution < 1.29 is 24.2 Å². The van der Waals surface area contributed by atoms with Crippen molar-refractivity contribution >= 4 is 11.9 Å². The zero-order chi connectivity index (χ0) is 38.6. The Hall–Kier alpha value is -1.10. The zero-order valence-electron chi connectivity index (χ0n) is 36.1. The third-order valence-corrected chi connectivity index (χ3v) is 11.2. The molecule has 0 radical (unpaired) electrons. The number of unbranched alkanes of at least 4 members (excludes halogenated alkanes) is 37. The van der Waals surface area contributed by atoms with Gasteiger partial charge in [-0.05, 0) is 12.8 Å². The number of ether oxygens (including phenoxy) is 2. The van der Waals surface area contributed by atoms with Crippen LogP contribution >= 0.6 is 0 Å². The van der Waals surface area contributed by atoms with Crippen LogP contribution in [-0.2, 0) is 19.1 Å². The van der Waals surface area contributed by atoms with E-state index in [1.54, 1.807) is 0 Å². The highest BCUT2D eigenvalue weighted by Crippen LogP contribution is 2.17. The molecule has 0 spiro atoms. The topological polar surface area (TPSA) is 72.8 Å². The van der Waals surface area contributed by atoms with Crippen molar-refractivity contribution in [3.05, 3.63) is 0 Å². The number of aliphatic hydroxyl groups is 1. The van der Waals surface area contributed by atoms with Gasteiger partial charge in [0.1, 0.15) is 6.61 Å². The molecule has 0 aliphatic rings. The number of rotatable bonds is 45. The summed E-state index contributed by atoms with van der Waals surface area (Å²) in [6.45, 7) is 4.19. The molecular formula is C48H94O5. The second kappa shape index (κ2) is 45.3. The molecule has 0 aliphatic heterocycles. The highest BCUT2D eigenvalue weighted by Gasteiger charge is 2.16. The Morgan fingerprint density at radius 1 is 0.358 bits per heavy atom. The standard InChI is InChI=1S/C48H94O5/c1-3-5-7-9-11-13-15-17-19-21-23-24-25-27-28-30-32-34-36-38-40-42-47(50)52-45-46(44-49)53-48(51)43-41-39-37-35-33-31-29-26-22-20-18-16-14-12-10-8-6-4-2/h46,49H,3-45H2,1-2H3/t46-/m0/s1. The Kier molecular flexibility index (Phi) is 44.4. The molecule has 0 amide bonds. The van der Waals surface area contributed by atoms with Gasteiger partial charge in [-0.1, -0.05) is 251 Å². The van der Waals surface area contributed by atoms with Gasteiger partial charge in [0.25, 0.3) is 0 Å². The van der Waals surface area contributed by atoms with Gasteiger partial charge in [-0.15, -0.1) is 0 Å². The van der Waals surface area contributed by atoms with Crippen molar-refractivity contribution in [3.8, 4) is 0 Å². The molecule has 0 heterocycles. The fraction of sp³-hybridized carbons (Fsp3) is 0.958. The van der Waals surface area contributed by atoms with Crippen molar-refractivity contribution in [2.24, 2.45) is 0 Å². The van der Waals surface area contributed by atoms with Crippen LogP contribution in [0.2, 0.25) is 0 Å². The molecule has 0 unspecified atom stereocenters. The van der Waals surface area contributed by atoms with Crippen LogP contribution in [-0.4, -0.2) is 36.4 Å². The van der Waals surface area contributed by atoms with Crippen molar-refractivity contribution in [2.75, 3.05) is 13.2 Å². The van der Waals surface area contributed by atoms with Crippen LogP contribution in [0, 0.1) is 0 Å². The zero-order valence-corrected chi connectivity index (χ0v) is 36.1. The van der Waals surface area contributed by atoms with Crippen molar-refractivity contribution in [3.63, 3.8) is 0 Å². The number of aliphatic hydroxyl groups excluding tert-OH is 1. The minimum absolute atomic E-state index is 0.0561. The summed E-state index contributed by atoms with van der Waals surface area (Å²) in [7, 11) is 0. The fourth-order valence-electron chi connectivity index (χ4n) is 7.50. The Bertz CT molecular complexity index is 725. The van der Waals surface area contributed by atoms with Gasteiger partial charge in [-0.2, -0.15) is 0 Å². The average molecular weight is 751 g/mol. The summed E-state index contributed by atoms with van der Waals surface area (Å²) in [5.74, 6) is -0.568. The van der Waals surface area contributed by atoms with E-state index in [0.29, 0.717) is 12.8 Å². The van der Waals surface area contributed by atoms with Gasteiger partial charge in [0, 0.05) is 12.8 Å². The smallest absolute Gasteiger partial charge is 0.306 e. The third-order valence-electron chi connectivity index (χ3n) is 11.2. The van der Waals surface area contributed by atoms with E-state index in [4.69, 9.17) is 9.47 Å². The van der Waals surface area contributed by atoms with Crippen LogP contribution in [0.5, 0.6) is 0 Å². The lowest BCUT2D eigenvalue weighted by Gasteiger charge is -2.15. The molecule has 316 valence electrons. The first kappa shape index (κ1) is 51.9. The summed E-state index contributed by atoms with van der Waals surface area (Å²) in [5, 5.41) is 9.60. The number of hydrogen-bond donors (Lipinski definition) is 1. The Morgan fingerprint density at radius 2 is 0.585 bits per heavy atom. The van der Waals surface area contributed by atoms with Gasteiger partial charge in [0.2, 0.25) is 0 Å². The molecule has 1 N–H and O–H groups in total. The van der Waals surface area contributed by atoms with Gasteiger partial charge < -0.3 is 14.6 Å². The fourth-order valence-corrected chi connectivity index (χ4v) is 7.50. The lowest BCUT2D eigenvalue weighted by Crippen LogP contribution is -2.28. The van der Waals surface area contributed by atoms with Crippen molar-refractivity contribution in [1.29, 1.82) is 0 Å². The van der Waals surface area contributed by atoms with E-state index in [1.165, 1.54) is 218 Å². The largest absolute Gasteiger partial charge is 0.462 e. The van der Waals surface area contributed by atoms with E-state index in [-0.39, 0.29) is 25.2 Å². The van der Waals surface area contributed by atoms with E-state index < -0.39 is 6.10 Å². The molecule has 0 rings (SSSR count). The summed E-state index contributed by atoms with van der Waals surface area (Å²) in [6.07, 6.45) is 51.9. The lowest BCUT2D eigenvalue weighted by molar-refractivity contribution is -0.161. The number of esters is 2. The van der Waals surface area contributed by atoms with Crippen molar-refractivity contribution in [1.82, 2.24) is 0 Å². The van der Waals surface area contributed by atoms with Gasteiger partial charge >= 0.3 is 11.9 Å². The first-order chi connectivity index (χ1) is 26.1. The first-order valence-corrected chi connectivity index (χ1v) is 24.1. The number of carbonyl (C=O) groups is 2. The lowest BCUT2D eigenvalue weighted by atomic mass is 10.0. The molecule has 0 bridgehead atoms. The quantitative estimate of drug-likeness (QED) is 0.0495. The molecule has 0 aromatic rings. The maximum atomic E-state index is 12.2. The molecule has 0 aromatic heterocycles. The van der Waals surface area contributed by atoms with Gasteiger partial charge in [-0.25, -0.2) is 0 Å². The summed E-state index contributed by atoms with van der Waals surface area (Å²) in [5.41, 5.74) is 0. The molecule has 0 aromatic carbocycles. The van der Waals surface area contributed by atoms with Crippen LogP contribution in [0.25, 0.3) is 0 Å². The predicted molar refractivity (Wildman–Crippen MR) is 229 cm³/mol. The summed E-state index contributed by atoms with van der Waals surface area (Å²) in [6, 6.07) is 0. The second-order valence-electron chi connectivity index (χ2n) is 16.6. The molecule has 53 heavy (non-hydrogen) atoms. The van der Waals surface area contributed by atoms with E-state index in [0.717, 1.165) is 32.1 Å². The van der Waals surface area contributed by atoms with E-state index in [2.05, 4.69) is 13.8 Å². The van der Waals surface area contributed by atoms with Crippen LogP contribution < -0.4 is 0 Å². The summed E-state index contributed by atoms with van der Waals surface area (Å²) < 4.78 is 10.7. The molecule has 0 saturated carbocycles. The highest BCUT2D eigenvalue weighted by atomic mass is 16.6. The molecule has 0 fully saturated rings. The molecular weight excluding hydrogens is 657 g/mol. The number of carbonyl (C=O) groups excluding carboxylic acids is 2. The monoisotopic (exact) mass is 751 g/mol. The Morgan fingerprint density at radius 3 is 0.830 bits per heavy atom. The minimum Gasteiger partial charge on any atom is -0.462 e. The number of hydrogen-bond acceptors (Lipinski definition) is 5. The molecule has 0 saturated heterocycles. The average Bonchev–Trinajstić information content (AvgIpc) is 3.16. The van der Waals surface area contributed by atoms with Crippen molar-refractivity contribution in [2.45, 2.75) is 283 Å². The predicted octanol–water partition coefficient (Wildman–Crippen LogP) is 15.5. The van der Waals surface area contributed by atoms with Gasteiger partial charge in [0.15, 0.2) is 6.10 Å². The second-order valence-corrected chi connectivity index (χ2v) is 16.6. The van der Waals surface area contributed by atoms with E-state index >= 15 is 0 Å². The summed E-state index contributed by atoms with van der Waals surface area (Å²) in [4.78, 5) is 24.4. The van der Waals surface area contributed by atoms with Gasteiger partial charge in [-0.3, -0.25) is 9.59 Å². The highest BCUT2D eigenvalue weighted by molar-refractivity contribution is 5.70. The molecule has 1 atom stereocenters. The van der Waals surface area contributed by atoms with Crippen LogP contribution in [0.15, 0.2) is 0 Å². The molecule has 0 aliphatic carbocycles. The normalized spacial score (nSPS) is 12.0. The van der Waals surface area contributed by atoms with Gasteiger partial charge in [0.05, 0.1) is 6.61 Å². The van der Waals surface area contributed by atoms with E-state index in [1.807, 2.05) is 0 Å². The van der Waals surface area contributed by atoms with E-state index in [9.17, 15) is 14.7 Å².